The summed E-state index contributed by atoms with van der Waals surface area (Å²) in [5.41, 5.74) is 7.25. The van der Waals surface area contributed by atoms with Crippen LogP contribution in [0.15, 0.2) is 11.6 Å². The minimum atomic E-state index is 0.147. The van der Waals surface area contributed by atoms with Crippen molar-refractivity contribution in [1.82, 2.24) is 9.38 Å². The summed E-state index contributed by atoms with van der Waals surface area (Å²) in [6.07, 6.45) is 4.08. The lowest BCUT2D eigenvalue weighted by Crippen LogP contribution is -2.34. The monoisotopic (exact) mass is 280 g/mol. The lowest BCUT2D eigenvalue weighted by molar-refractivity contribution is 0.617. The summed E-state index contributed by atoms with van der Waals surface area (Å²) in [5.74, 6) is 1.11. The third kappa shape index (κ3) is 2.77. The SMILES string of the molecule is CCC(C)N(CC)c1nc2sccn2c1CC(C)N. The average molecular weight is 280 g/mol. The first-order valence-corrected chi connectivity index (χ1v) is 7.93. The van der Waals surface area contributed by atoms with E-state index in [0.29, 0.717) is 6.04 Å². The highest BCUT2D eigenvalue weighted by Crippen LogP contribution is 2.27. The molecule has 0 saturated carbocycles. The first kappa shape index (κ1) is 14.3. The molecule has 2 N–H and O–H groups in total. The van der Waals surface area contributed by atoms with E-state index < -0.39 is 0 Å². The fourth-order valence-corrected chi connectivity index (χ4v) is 3.16. The van der Waals surface area contributed by atoms with Crippen LogP contribution in [-0.4, -0.2) is 28.0 Å². The van der Waals surface area contributed by atoms with Gasteiger partial charge in [0, 0.05) is 36.6 Å². The Labute approximate surface area is 119 Å². The molecule has 2 aromatic rings. The Morgan fingerprint density at radius 2 is 2.16 bits per heavy atom. The summed E-state index contributed by atoms with van der Waals surface area (Å²) in [7, 11) is 0. The van der Waals surface area contributed by atoms with Crippen molar-refractivity contribution in [1.29, 1.82) is 0 Å². The molecule has 2 unspecified atom stereocenters. The molecule has 0 aliphatic carbocycles. The quantitative estimate of drug-likeness (QED) is 0.885. The van der Waals surface area contributed by atoms with Crippen LogP contribution >= 0.6 is 11.3 Å². The third-order valence-electron chi connectivity index (χ3n) is 3.59. The third-order valence-corrected chi connectivity index (χ3v) is 4.35. The molecule has 106 valence electrons. The lowest BCUT2D eigenvalue weighted by Gasteiger charge is -2.28. The van der Waals surface area contributed by atoms with Crippen molar-refractivity contribution in [2.45, 2.75) is 52.6 Å². The van der Waals surface area contributed by atoms with Gasteiger partial charge in [0.2, 0.25) is 0 Å². The molecule has 2 aromatic heterocycles. The summed E-state index contributed by atoms with van der Waals surface area (Å²) in [6, 6.07) is 0.649. The molecule has 0 fully saturated rings. The Morgan fingerprint density at radius 1 is 1.42 bits per heavy atom. The normalized spacial score (nSPS) is 14.8. The van der Waals surface area contributed by atoms with E-state index in [1.807, 2.05) is 0 Å². The molecule has 0 saturated heterocycles. The van der Waals surface area contributed by atoms with Gasteiger partial charge in [0.25, 0.3) is 0 Å². The number of thiazole rings is 1. The Kier molecular flexibility index (Phi) is 4.47. The number of rotatable bonds is 6. The van der Waals surface area contributed by atoms with Gasteiger partial charge in [0.1, 0.15) is 0 Å². The van der Waals surface area contributed by atoms with Gasteiger partial charge in [-0.25, -0.2) is 4.98 Å². The number of imidazole rings is 1. The highest BCUT2D eigenvalue weighted by atomic mass is 32.1. The molecule has 2 atom stereocenters. The van der Waals surface area contributed by atoms with Crippen molar-refractivity contribution in [3.63, 3.8) is 0 Å². The Morgan fingerprint density at radius 3 is 2.74 bits per heavy atom. The van der Waals surface area contributed by atoms with Gasteiger partial charge in [0.05, 0.1) is 5.69 Å². The van der Waals surface area contributed by atoms with Gasteiger partial charge in [0.15, 0.2) is 10.8 Å². The maximum absolute atomic E-state index is 6.01. The van der Waals surface area contributed by atoms with Crippen molar-refractivity contribution < 1.29 is 0 Å². The van der Waals surface area contributed by atoms with E-state index in [-0.39, 0.29) is 6.04 Å². The number of nitrogens with zero attached hydrogens (tertiary/aromatic N) is 3. The zero-order valence-electron chi connectivity index (χ0n) is 12.3. The van der Waals surface area contributed by atoms with E-state index in [4.69, 9.17) is 10.7 Å². The summed E-state index contributed by atoms with van der Waals surface area (Å²) >= 11 is 1.68. The van der Waals surface area contributed by atoms with E-state index in [0.717, 1.165) is 30.2 Å². The summed E-state index contributed by atoms with van der Waals surface area (Å²) in [6.45, 7) is 9.69. The van der Waals surface area contributed by atoms with Crippen molar-refractivity contribution in [3.05, 3.63) is 17.3 Å². The second kappa shape index (κ2) is 5.92. The second-order valence-corrected chi connectivity index (χ2v) is 6.04. The van der Waals surface area contributed by atoms with Gasteiger partial charge in [-0.3, -0.25) is 4.40 Å². The van der Waals surface area contributed by atoms with Gasteiger partial charge in [-0.2, -0.15) is 0 Å². The molecular weight excluding hydrogens is 256 g/mol. The molecule has 0 spiro atoms. The van der Waals surface area contributed by atoms with Gasteiger partial charge < -0.3 is 10.6 Å². The predicted molar refractivity (Wildman–Crippen MR) is 83.2 cm³/mol. The molecule has 0 aromatic carbocycles. The van der Waals surface area contributed by atoms with Crippen molar-refractivity contribution in [2.24, 2.45) is 5.73 Å². The summed E-state index contributed by atoms with van der Waals surface area (Å²) < 4.78 is 2.19. The number of nitrogens with two attached hydrogens (primary N) is 1. The molecular formula is C14H24N4S. The molecule has 0 radical (unpaired) electrons. The molecule has 4 nitrogen and oxygen atoms in total. The average Bonchev–Trinajstić information content (AvgIpc) is 2.93. The number of anilines is 1. The van der Waals surface area contributed by atoms with Crippen LogP contribution in [0.1, 0.15) is 39.8 Å². The van der Waals surface area contributed by atoms with E-state index >= 15 is 0 Å². The van der Waals surface area contributed by atoms with Crippen LogP contribution in [0.3, 0.4) is 0 Å². The number of fused-ring (bicyclic) bond motifs is 1. The van der Waals surface area contributed by atoms with E-state index in [1.54, 1.807) is 11.3 Å². The highest BCUT2D eigenvalue weighted by Gasteiger charge is 2.21. The largest absolute Gasteiger partial charge is 0.353 e. The van der Waals surface area contributed by atoms with Crippen LogP contribution in [-0.2, 0) is 6.42 Å². The molecule has 0 amide bonds. The second-order valence-electron chi connectivity index (χ2n) is 5.16. The van der Waals surface area contributed by atoms with Crippen LogP contribution in [0.25, 0.3) is 4.96 Å². The molecule has 0 aliphatic heterocycles. The highest BCUT2D eigenvalue weighted by molar-refractivity contribution is 7.15. The molecule has 2 heterocycles. The maximum atomic E-state index is 6.01. The minimum absolute atomic E-state index is 0.147. The summed E-state index contributed by atoms with van der Waals surface area (Å²) in [5, 5.41) is 2.08. The Balaban J connectivity index is 2.47. The molecule has 2 rings (SSSR count). The van der Waals surface area contributed by atoms with Gasteiger partial charge in [-0.05, 0) is 27.2 Å². The van der Waals surface area contributed by atoms with Crippen LogP contribution in [0.5, 0.6) is 0 Å². The van der Waals surface area contributed by atoms with Crippen molar-refractivity contribution >= 4 is 22.1 Å². The predicted octanol–water partition coefficient (Wildman–Crippen LogP) is 2.91. The van der Waals surface area contributed by atoms with Crippen molar-refractivity contribution in [3.8, 4) is 0 Å². The molecule has 19 heavy (non-hydrogen) atoms. The number of hydrogen-bond acceptors (Lipinski definition) is 4. The fraction of sp³-hybridized carbons (Fsp3) is 0.643. The Bertz CT molecular complexity index is 529. The zero-order chi connectivity index (χ0) is 14.0. The summed E-state index contributed by atoms with van der Waals surface area (Å²) in [4.78, 5) is 8.27. The minimum Gasteiger partial charge on any atom is -0.353 e. The molecule has 0 aliphatic rings. The smallest absolute Gasteiger partial charge is 0.195 e. The first-order valence-electron chi connectivity index (χ1n) is 7.05. The van der Waals surface area contributed by atoms with E-state index in [1.165, 1.54) is 5.69 Å². The van der Waals surface area contributed by atoms with Crippen molar-refractivity contribution in [2.75, 3.05) is 11.4 Å². The van der Waals surface area contributed by atoms with Gasteiger partial charge in [-0.15, -0.1) is 11.3 Å². The topological polar surface area (TPSA) is 46.6 Å². The van der Waals surface area contributed by atoms with Crippen LogP contribution in [0, 0.1) is 0 Å². The van der Waals surface area contributed by atoms with Gasteiger partial charge in [-0.1, -0.05) is 6.92 Å². The fourth-order valence-electron chi connectivity index (χ4n) is 2.44. The zero-order valence-corrected chi connectivity index (χ0v) is 13.1. The van der Waals surface area contributed by atoms with Gasteiger partial charge >= 0.3 is 0 Å². The van der Waals surface area contributed by atoms with Crippen LogP contribution < -0.4 is 10.6 Å². The van der Waals surface area contributed by atoms with Crippen LogP contribution in [0.4, 0.5) is 5.82 Å². The first-order chi connectivity index (χ1) is 9.08. The lowest BCUT2D eigenvalue weighted by atomic mass is 10.1. The molecule has 5 heteroatoms. The van der Waals surface area contributed by atoms with E-state index in [2.05, 4.69) is 48.6 Å². The molecule has 0 bridgehead atoms. The number of aromatic nitrogens is 2. The maximum Gasteiger partial charge on any atom is 0.195 e. The standard InChI is InChI=1S/C14H24N4S/c1-5-11(4)17(6-2)13-12(9-10(3)15)18-7-8-19-14(18)16-13/h7-8,10-11H,5-6,9,15H2,1-4H3. The number of hydrogen-bond donors (Lipinski definition) is 1. The Hall–Kier alpha value is -1.07. The van der Waals surface area contributed by atoms with Crippen LogP contribution in [0.2, 0.25) is 0 Å². The van der Waals surface area contributed by atoms with E-state index in [9.17, 15) is 0 Å².